The van der Waals surface area contributed by atoms with Gasteiger partial charge in [0.05, 0.1) is 0 Å². The normalized spacial score (nSPS) is 27.7. The Balaban J connectivity index is 0.000000202. The summed E-state index contributed by atoms with van der Waals surface area (Å²) >= 11 is 0. The van der Waals surface area contributed by atoms with Gasteiger partial charge in [0.15, 0.2) is 0 Å². The van der Waals surface area contributed by atoms with Crippen LogP contribution in [0, 0.1) is 43.8 Å². The molecule has 0 aromatic rings. The van der Waals surface area contributed by atoms with Crippen molar-refractivity contribution in [3.05, 3.63) is 0 Å². The molecule has 0 aliphatic heterocycles. The third kappa shape index (κ3) is 15.0. The molecule has 6 aliphatic carbocycles. The SMILES string of the molecule is CC(C)(C)C1(C)CC1.CC(C)(C)C1(C)CCCCC1.CC1(C)CC1.CC1(C)CCCCC1.CC1(C2CCCCC2)CCCCC1. The van der Waals surface area contributed by atoms with Crippen molar-refractivity contribution in [2.45, 2.75) is 244 Å². The van der Waals surface area contributed by atoms with Gasteiger partial charge in [-0.15, -0.1) is 0 Å². The lowest BCUT2D eigenvalue weighted by molar-refractivity contribution is 0.0601. The van der Waals surface area contributed by atoms with Crippen LogP contribution in [0.1, 0.15) is 244 Å². The van der Waals surface area contributed by atoms with Gasteiger partial charge >= 0.3 is 0 Å². The summed E-state index contributed by atoms with van der Waals surface area (Å²) < 4.78 is 0. The summed E-state index contributed by atoms with van der Waals surface area (Å²) in [5.74, 6) is 1.08. The first-order valence-corrected chi connectivity index (χ1v) is 20.6. The molecule has 6 aliphatic rings. The van der Waals surface area contributed by atoms with E-state index in [2.05, 4.69) is 90.0 Å². The number of hydrogen-bond donors (Lipinski definition) is 0. The van der Waals surface area contributed by atoms with Crippen molar-refractivity contribution >= 4 is 0 Å². The maximum atomic E-state index is 2.57. The molecule has 0 bridgehead atoms. The molecule has 6 rings (SSSR count). The first-order chi connectivity index (χ1) is 20.6. The lowest BCUT2D eigenvalue weighted by Gasteiger charge is -2.45. The fourth-order valence-corrected chi connectivity index (χ4v) is 8.35. The molecule has 6 fully saturated rings. The molecule has 0 aromatic carbocycles. The second-order valence-electron chi connectivity index (χ2n) is 21.6. The summed E-state index contributed by atoms with van der Waals surface area (Å²) in [4.78, 5) is 0. The van der Waals surface area contributed by atoms with Gasteiger partial charge in [-0.05, 0) is 121 Å². The van der Waals surface area contributed by atoms with Crippen LogP contribution in [0.2, 0.25) is 0 Å². The van der Waals surface area contributed by atoms with E-state index in [0.717, 1.165) is 16.7 Å². The molecule has 6 saturated carbocycles. The van der Waals surface area contributed by atoms with E-state index >= 15 is 0 Å². The van der Waals surface area contributed by atoms with E-state index in [9.17, 15) is 0 Å². The Morgan fingerprint density at radius 3 is 0.867 bits per heavy atom. The molecule has 0 heteroatoms. The summed E-state index contributed by atoms with van der Waals surface area (Å²) in [7, 11) is 0. The Morgan fingerprint density at radius 2 is 0.622 bits per heavy atom. The maximum Gasteiger partial charge on any atom is -0.0277 e. The summed E-state index contributed by atoms with van der Waals surface area (Å²) in [5.41, 5.74) is 4.54. The van der Waals surface area contributed by atoms with E-state index in [1.807, 2.05) is 0 Å². The topological polar surface area (TPSA) is 0 Å². The molecule has 0 heterocycles. The summed E-state index contributed by atoms with van der Waals surface area (Å²) in [6.07, 6.45) is 35.5. The minimum atomic E-state index is 0.507. The molecule has 0 atom stereocenters. The molecule has 0 nitrogen and oxygen atoms in total. The summed E-state index contributed by atoms with van der Waals surface area (Å²) in [5, 5.41) is 0. The quantitative estimate of drug-likeness (QED) is 0.271. The molecule has 0 saturated heterocycles. The van der Waals surface area contributed by atoms with Gasteiger partial charge in [-0.2, -0.15) is 0 Å². The van der Waals surface area contributed by atoms with Crippen LogP contribution < -0.4 is 0 Å². The van der Waals surface area contributed by atoms with Crippen LogP contribution in [0.4, 0.5) is 0 Å². The highest BCUT2D eigenvalue weighted by Crippen LogP contribution is 2.57. The Morgan fingerprint density at radius 1 is 0.333 bits per heavy atom. The van der Waals surface area contributed by atoms with Crippen LogP contribution in [0.25, 0.3) is 0 Å². The zero-order valence-corrected chi connectivity index (χ0v) is 34.0. The van der Waals surface area contributed by atoms with E-state index in [0.29, 0.717) is 27.1 Å². The molecular formula is C45H88. The summed E-state index contributed by atoms with van der Waals surface area (Å²) in [6.45, 7) is 30.9. The lowest BCUT2D eigenvalue weighted by Crippen LogP contribution is -2.34. The third-order valence-electron chi connectivity index (χ3n) is 14.6. The van der Waals surface area contributed by atoms with Crippen LogP contribution in [-0.2, 0) is 0 Å². The number of rotatable bonds is 1. The van der Waals surface area contributed by atoms with Gasteiger partial charge in [-0.1, -0.05) is 167 Å². The second kappa shape index (κ2) is 17.1. The fraction of sp³-hybridized carbons (Fsp3) is 1.00. The molecule has 0 radical (unpaired) electrons. The van der Waals surface area contributed by atoms with Crippen LogP contribution >= 0.6 is 0 Å². The molecule has 0 aromatic heterocycles. The van der Waals surface area contributed by atoms with Crippen LogP contribution in [0.15, 0.2) is 0 Å². The number of hydrogen-bond acceptors (Lipinski definition) is 0. The van der Waals surface area contributed by atoms with E-state index < -0.39 is 0 Å². The van der Waals surface area contributed by atoms with Crippen molar-refractivity contribution in [1.29, 1.82) is 0 Å². The Hall–Kier alpha value is 0. The average molecular weight is 629 g/mol. The van der Waals surface area contributed by atoms with Gasteiger partial charge in [-0.25, -0.2) is 0 Å². The zero-order valence-electron chi connectivity index (χ0n) is 34.0. The first kappa shape index (κ1) is 41.2. The molecular weight excluding hydrogens is 540 g/mol. The zero-order chi connectivity index (χ0) is 34.0. The predicted molar refractivity (Wildman–Crippen MR) is 205 cm³/mol. The van der Waals surface area contributed by atoms with Crippen molar-refractivity contribution in [2.24, 2.45) is 43.8 Å². The minimum Gasteiger partial charge on any atom is -0.0599 e. The van der Waals surface area contributed by atoms with Crippen molar-refractivity contribution in [3.8, 4) is 0 Å². The first-order valence-electron chi connectivity index (χ1n) is 20.6. The van der Waals surface area contributed by atoms with Crippen LogP contribution in [-0.4, -0.2) is 0 Å². The van der Waals surface area contributed by atoms with Gasteiger partial charge in [-0.3, -0.25) is 0 Å². The highest BCUT2D eigenvalue weighted by Gasteiger charge is 2.47. The Labute approximate surface area is 287 Å². The third-order valence-corrected chi connectivity index (χ3v) is 14.6. The van der Waals surface area contributed by atoms with Crippen molar-refractivity contribution < 1.29 is 0 Å². The maximum absolute atomic E-state index is 2.57. The largest absolute Gasteiger partial charge is 0.0599 e. The van der Waals surface area contributed by atoms with E-state index in [1.54, 1.807) is 0 Å². The highest BCUT2D eigenvalue weighted by molar-refractivity contribution is 4.97. The van der Waals surface area contributed by atoms with Gasteiger partial charge < -0.3 is 0 Å². The lowest BCUT2D eigenvalue weighted by atomic mass is 9.61. The standard InChI is InChI=1S/C13H24.C11H22.2C8H16.C5H10/c1-13(10-6-3-7-11-13)12-8-4-2-5-9-12;1-10(2,3)11(4)8-6-5-7-9-11;1-7(2,3)8(4)5-6-8;1-8(2)6-4-3-5-7-8;1-5(2)3-4-5/h12H,2-11H2,1H3;5-9H2,1-4H3;5-6H2,1-4H3;3-7H2,1-2H3;3-4H2,1-2H3. The Kier molecular flexibility index (Phi) is 15.6. The molecule has 0 unspecified atom stereocenters. The van der Waals surface area contributed by atoms with Crippen molar-refractivity contribution in [3.63, 3.8) is 0 Å². The van der Waals surface area contributed by atoms with Crippen molar-refractivity contribution in [2.75, 3.05) is 0 Å². The van der Waals surface area contributed by atoms with E-state index in [4.69, 9.17) is 0 Å². The van der Waals surface area contributed by atoms with Gasteiger partial charge in [0.1, 0.15) is 0 Å². The summed E-state index contributed by atoms with van der Waals surface area (Å²) in [6, 6.07) is 0. The van der Waals surface area contributed by atoms with E-state index in [1.165, 1.54) is 154 Å². The molecule has 45 heavy (non-hydrogen) atoms. The van der Waals surface area contributed by atoms with Gasteiger partial charge in [0.2, 0.25) is 0 Å². The minimum absolute atomic E-state index is 0.507. The second-order valence-corrected chi connectivity index (χ2v) is 21.6. The van der Waals surface area contributed by atoms with Crippen molar-refractivity contribution in [1.82, 2.24) is 0 Å². The Bertz CT molecular complexity index is 771. The van der Waals surface area contributed by atoms with Gasteiger partial charge in [0.25, 0.3) is 0 Å². The average Bonchev–Trinajstić information content (AvgIpc) is 3.89. The predicted octanol–water partition coefficient (Wildman–Crippen LogP) is 16.2. The molecule has 0 N–H and O–H groups in total. The molecule has 268 valence electrons. The van der Waals surface area contributed by atoms with E-state index in [-0.39, 0.29) is 0 Å². The fourth-order valence-electron chi connectivity index (χ4n) is 8.35. The smallest absolute Gasteiger partial charge is 0.0277 e. The molecule has 0 spiro atoms. The highest BCUT2D eigenvalue weighted by atomic mass is 14.5. The van der Waals surface area contributed by atoms with Gasteiger partial charge in [0, 0.05) is 0 Å². The van der Waals surface area contributed by atoms with Crippen LogP contribution in [0.5, 0.6) is 0 Å². The van der Waals surface area contributed by atoms with Crippen LogP contribution in [0.3, 0.4) is 0 Å². The monoisotopic (exact) mass is 629 g/mol. The molecule has 0 amide bonds.